The molecule has 4 nitrogen and oxygen atoms in total. The van der Waals surface area contributed by atoms with Gasteiger partial charge in [-0.1, -0.05) is 39.0 Å². The van der Waals surface area contributed by atoms with Gasteiger partial charge in [-0.15, -0.1) is 15.0 Å². The molecule has 0 aliphatic heterocycles. The van der Waals surface area contributed by atoms with Gasteiger partial charge in [0.15, 0.2) is 0 Å². The van der Waals surface area contributed by atoms with Gasteiger partial charge in [-0.3, -0.25) is 0 Å². The Bertz CT molecular complexity index is 839. The second-order valence-electron chi connectivity index (χ2n) is 6.98. The number of fused-ring (bicyclic) bond motifs is 1. The largest absolute Gasteiger partial charge is 0.494 e. The van der Waals surface area contributed by atoms with E-state index in [1.54, 1.807) is 11.9 Å². The van der Waals surface area contributed by atoms with Crippen LogP contribution in [0.5, 0.6) is 5.75 Å². The predicted molar refractivity (Wildman–Crippen MR) is 93.6 cm³/mol. The molecule has 23 heavy (non-hydrogen) atoms. The summed E-state index contributed by atoms with van der Waals surface area (Å²) in [6, 6.07) is 10.1. The molecular formula is C19H23N3O. The van der Waals surface area contributed by atoms with Crippen molar-refractivity contribution in [1.29, 1.82) is 0 Å². The van der Waals surface area contributed by atoms with Gasteiger partial charge in [0, 0.05) is 5.56 Å². The van der Waals surface area contributed by atoms with E-state index in [1.165, 1.54) is 11.1 Å². The number of aryl methyl sites for hydroxylation is 1. The normalized spacial score (nSPS) is 11.9. The summed E-state index contributed by atoms with van der Waals surface area (Å²) in [5.74, 6) is 0.848. The van der Waals surface area contributed by atoms with Crippen molar-refractivity contribution in [1.82, 2.24) is 15.0 Å². The van der Waals surface area contributed by atoms with Crippen LogP contribution in [0.3, 0.4) is 0 Å². The molecule has 0 N–H and O–H groups in total. The monoisotopic (exact) mass is 309 g/mol. The molecule has 0 aliphatic carbocycles. The molecule has 0 amide bonds. The van der Waals surface area contributed by atoms with Crippen molar-refractivity contribution in [2.75, 3.05) is 7.11 Å². The van der Waals surface area contributed by atoms with E-state index in [2.05, 4.69) is 50.9 Å². The van der Waals surface area contributed by atoms with Crippen molar-refractivity contribution < 1.29 is 4.74 Å². The Kier molecular flexibility index (Phi) is 3.63. The van der Waals surface area contributed by atoms with Gasteiger partial charge in [0.2, 0.25) is 0 Å². The first-order chi connectivity index (χ1) is 10.8. The molecule has 0 saturated carbocycles. The van der Waals surface area contributed by atoms with Gasteiger partial charge >= 0.3 is 0 Å². The van der Waals surface area contributed by atoms with Crippen LogP contribution >= 0.6 is 0 Å². The van der Waals surface area contributed by atoms with Crippen LogP contribution < -0.4 is 4.74 Å². The summed E-state index contributed by atoms with van der Waals surface area (Å²) in [6.45, 7) is 10.8. The Balaban J connectivity index is 2.35. The van der Waals surface area contributed by atoms with Gasteiger partial charge in [0.25, 0.3) is 0 Å². The summed E-state index contributed by atoms with van der Waals surface area (Å²) >= 11 is 0. The van der Waals surface area contributed by atoms with Crippen LogP contribution in [0.15, 0.2) is 30.3 Å². The van der Waals surface area contributed by atoms with E-state index in [0.29, 0.717) is 0 Å². The zero-order valence-corrected chi connectivity index (χ0v) is 14.6. The lowest BCUT2D eigenvalue weighted by Gasteiger charge is -2.25. The summed E-state index contributed by atoms with van der Waals surface area (Å²) in [7, 11) is 1.71. The Hall–Kier alpha value is -2.36. The smallest absolute Gasteiger partial charge is 0.150 e. The molecule has 0 radical (unpaired) electrons. The number of benzene rings is 2. The highest BCUT2D eigenvalue weighted by Gasteiger charge is 2.25. The molecular weight excluding hydrogens is 286 g/mol. The van der Waals surface area contributed by atoms with Crippen LogP contribution in [0.2, 0.25) is 0 Å². The van der Waals surface area contributed by atoms with Crippen LogP contribution in [-0.4, -0.2) is 22.1 Å². The maximum absolute atomic E-state index is 5.79. The number of hydrogen-bond donors (Lipinski definition) is 0. The molecule has 0 fully saturated rings. The van der Waals surface area contributed by atoms with Gasteiger partial charge in [0.05, 0.1) is 7.11 Å². The average Bonchev–Trinajstić information content (AvgIpc) is 2.91. The molecule has 3 aromatic rings. The van der Waals surface area contributed by atoms with Crippen molar-refractivity contribution in [3.63, 3.8) is 0 Å². The highest BCUT2D eigenvalue weighted by molar-refractivity contribution is 5.74. The van der Waals surface area contributed by atoms with E-state index < -0.39 is 0 Å². The number of aromatic nitrogens is 3. The fourth-order valence-corrected chi connectivity index (χ4v) is 2.84. The topological polar surface area (TPSA) is 39.9 Å². The highest BCUT2D eigenvalue weighted by Crippen LogP contribution is 2.39. The first kappa shape index (κ1) is 15.5. The number of nitrogens with zero attached hydrogens (tertiary/aromatic N) is 3. The molecule has 120 valence electrons. The van der Waals surface area contributed by atoms with Crippen molar-refractivity contribution in [2.45, 2.75) is 40.0 Å². The second-order valence-corrected chi connectivity index (χ2v) is 6.98. The van der Waals surface area contributed by atoms with Crippen LogP contribution in [0.1, 0.15) is 37.5 Å². The van der Waals surface area contributed by atoms with E-state index in [1.807, 2.05) is 24.3 Å². The number of ether oxygens (including phenoxy) is 1. The molecule has 0 saturated heterocycles. The van der Waals surface area contributed by atoms with Gasteiger partial charge in [-0.05, 0) is 42.5 Å². The van der Waals surface area contributed by atoms with Crippen LogP contribution in [0.25, 0.3) is 16.7 Å². The van der Waals surface area contributed by atoms with Crippen molar-refractivity contribution >= 4 is 11.0 Å². The SMILES string of the molecule is COc1c(C(C)(C)C)cc(C)c(C)c1-n1nc2ccccc2n1. The van der Waals surface area contributed by atoms with E-state index in [4.69, 9.17) is 4.74 Å². The van der Waals surface area contributed by atoms with E-state index in [0.717, 1.165) is 28.0 Å². The molecule has 4 heteroatoms. The Morgan fingerprint density at radius 1 is 1.00 bits per heavy atom. The summed E-state index contributed by atoms with van der Waals surface area (Å²) in [6.07, 6.45) is 0. The summed E-state index contributed by atoms with van der Waals surface area (Å²) in [5.41, 5.74) is 6.18. The van der Waals surface area contributed by atoms with Gasteiger partial charge < -0.3 is 4.74 Å². The van der Waals surface area contributed by atoms with Gasteiger partial charge in [0.1, 0.15) is 22.5 Å². The van der Waals surface area contributed by atoms with Crippen LogP contribution in [0, 0.1) is 13.8 Å². The van der Waals surface area contributed by atoms with E-state index >= 15 is 0 Å². The van der Waals surface area contributed by atoms with Gasteiger partial charge in [-0.2, -0.15) is 0 Å². The molecule has 0 bridgehead atoms. The fraction of sp³-hybridized carbons (Fsp3) is 0.368. The Morgan fingerprint density at radius 2 is 1.57 bits per heavy atom. The number of rotatable bonds is 2. The Morgan fingerprint density at radius 3 is 2.04 bits per heavy atom. The third-order valence-corrected chi connectivity index (χ3v) is 4.27. The van der Waals surface area contributed by atoms with E-state index in [9.17, 15) is 0 Å². The minimum absolute atomic E-state index is 0.0227. The molecule has 1 aromatic heterocycles. The quantitative estimate of drug-likeness (QED) is 0.707. The third-order valence-electron chi connectivity index (χ3n) is 4.27. The fourth-order valence-electron chi connectivity index (χ4n) is 2.84. The average molecular weight is 309 g/mol. The van der Waals surface area contributed by atoms with Crippen LogP contribution in [0.4, 0.5) is 0 Å². The summed E-state index contributed by atoms with van der Waals surface area (Å²) in [4.78, 5) is 1.71. The molecule has 1 heterocycles. The second kappa shape index (κ2) is 5.37. The molecule has 3 rings (SSSR count). The lowest BCUT2D eigenvalue weighted by atomic mass is 9.84. The molecule has 0 atom stereocenters. The standard InChI is InChI=1S/C19H23N3O/c1-12-11-14(19(3,4)5)18(23-6)17(13(12)2)22-20-15-9-7-8-10-16(15)21-22/h7-11H,1-6H3. The molecule has 2 aromatic carbocycles. The Labute approximate surface area is 137 Å². The first-order valence-electron chi connectivity index (χ1n) is 7.84. The first-order valence-corrected chi connectivity index (χ1v) is 7.84. The summed E-state index contributed by atoms with van der Waals surface area (Å²) < 4.78 is 5.79. The third kappa shape index (κ3) is 2.58. The van der Waals surface area contributed by atoms with Crippen molar-refractivity contribution in [3.8, 4) is 11.4 Å². The van der Waals surface area contributed by atoms with Gasteiger partial charge in [-0.25, -0.2) is 0 Å². The zero-order valence-electron chi connectivity index (χ0n) is 14.6. The lowest BCUT2D eigenvalue weighted by Crippen LogP contribution is -2.16. The molecule has 0 unspecified atom stereocenters. The maximum Gasteiger partial charge on any atom is 0.150 e. The van der Waals surface area contributed by atoms with Crippen LogP contribution in [-0.2, 0) is 5.41 Å². The highest BCUT2D eigenvalue weighted by atomic mass is 16.5. The van der Waals surface area contributed by atoms with E-state index in [-0.39, 0.29) is 5.41 Å². The lowest BCUT2D eigenvalue weighted by molar-refractivity contribution is 0.392. The zero-order chi connectivity index (χ0) is 16.8. The summed E-state index contributed by atoms with van der Waals surface area (Å²) in [5, 5.41) is 9.28. The molecule has 0 aliphatic rings. The van der Waals surface area contributed by atoms with Crippen molar-refractivity contribution in [2.24, 2.45) is 0 Å². The molecule has 0 spiro atoms. The maximum atomic E-state index is 5.79. The number of hydrogen-bond acceptors (Lipinski definition) is 3. The minimum atomic E-state index is -0.0227. The van der Waals surface area contributed by atoms with Crippen molar-refractivity contribution in [3.05, 3.63) is 47.0 Å². The minimum Gasteiger partial charge on any atom is -0.494 e. The number of methoxy groups -OCH3 is 1. The predicted octanol–water partition coefficient (Wildman–Crippen LogP) is 4.34.